The van der Waals surface area contributed by atoms with Crippen molar-refractivity contribution in [2.45, 2.75) is 6.42 Å². The maximum absolute atomic E-state index is 13.1. The summed E-state index contributed by atoms with van der Waals surface area (Å²) >= 11 is 1.74. The van der Waals surface area contributed by atoms with Crippen LogP contribution in [0.3, 0.4) is 0 Å². The summed E-state index contributed by atoms with van der Waals surface area (Å²) < 4.78 is 14.4. The first kappa shape index (κ1) is 10.5. The van der Waals surface area contributed by atoms with E-state index in [1.165, 1.54) is 21.7 Å². The summed E-state index contributed by atoms with van der Waals surface area (Å²) in [6, 6.07) is 15.2. The Morgan fingerprint density at radius 2 is 1.88 bits per heavy atom. The minimum atomic E-state index is -0.165. The number of rotatable bonds is 2. The van der Waals surface area contributed by atoms with Gasteiger partial charge in [-0.3, -0.25) is 0 Å². The van der Waals surface area contributed by atoms with Crippen LogP contribution < -0.4 is 0 Å². The molecular weight excluding hydrogens is 231 g/mol. The van der Waals surface area contributed by atoms with Crippen molar-refractivity contribution in [1.29, 1.82) is 0 Å². The SMILES string of the molecule is Fc1cccc(Cc2csc3ccccc23)c1. The summed E-state index contributed by atoms with van der Waals surface area (Å²) in [6.07, 6.45) is 0.793. The fourth-order valence-electron chi connectivity index (χ4n) is 2.04. The number of halogens is 1. The topological polar surface area (TPSA) is 0 Å². The molecule has 84 valence electrons. The molecule has 0 nitrogen and oxygen atoms in total. The molecule has 0 spiro atoms. The van der Waals surface area contributed by atoms with E-state index in [1.54, 1.807) is 23.5 Å². The first-order valence-corrected chi connectivity index (χ1v) is 6.40. The van der Waals surface area contributed by atoms with Gasteiger partial charge in [-0.1, -0.05) is 30.3 Å². The van der Waals surface area contributed by atoms with Gasteiger partial charge in [-0.05, 0) is 46.5 Å². The van der Waals surface area contributed by atoms with Crippen LogP contribution in [0.4, 0.5) is 4.39 Å². The number of thiophene rings is 1. The van der Waals surface area contributed by atoms with E-state index in [9.17, 15) is 4.39 Å². The van der Waals surface area contributed by atoms with Crippen LogP contribution in [-0.4, -0.2) is 0 Å². The molecule has 2 aromatic carbocycles. The molecule has 0 aliphatic heterocycles. The molecule has 0 aliphatic rings. The Hall–Kier alpha value is -1.67. The van der Waals surface area contributed by atoms with E-state index in [2.05, 4.69) is 17.5 Å². The van der Waals surface area contributed by atoms with Crippen LogP contribution >= 0.6 is 11.3 Å². The highest BCUT2D eigenvalue weighted by atomic mass is 32.1. The molecule has 0 aliphatic carbocycles. The normalized spacial score (nSPS) is 10.9. The molecule has 0 N–H and O–H groups in total. The van der Waals surface area contributed by atoms with Crippen molar-refractivity contribution in [3.05, 3.63) is 70.9 Å². The molecule has 1 heterocycles. The minimum absolute atomic E-state index is 0.165. The van der Waals surface area contributed by atoms with Crippen molar-refractivity contribution >= 4 is 21.4 Å². The van der Waals surface area contributed by atoms with Crippen molar-refractivity contribution in [3.63, 3.8) is 0 Å². The molecule has 0 fully saturated rings. The van der Waals surface area contributed by atoms with Crippen molar-refractivity contribution in [3.8, 4) is 0 Å². The first-order valence-electron chi connectivity index (χ1n) is 5.52. The zero-order valence-corrected chi connectivity index (χ0v) is 10.0. The Morgan fingerprint density at radius 3 is 2.76 bits per heavy atom. The number of fused-ring (bicyclic) bond motifs is 1. The molecule has 17 heavy (non-hydrogen) atoms. The smallest absolute Gasteiger partial charge is 0.123 e. The van der Waals surface area contributed by atoms with Crippen LogP contribution in [0.5, 0.6) is 0 Å². The van der Waals surface area contributed by atoms with E-state index in [0.717, 1.165) is 12.0 Å². The molecule has 0 saturated heterocycles. The van der Waals surface area contributed by atoms with Crippen LogP contribution in [0.1, 0.15) is 11.1 Å². The van der Waals surface area contributed by atoms with Crippen LogP contribution in [0.25, 0.3) is 10.1 Å². The molecule has 3 aromatic rings. The first-order chi connectivity index (χ1) is 8.33. The summed E-state index contributed by atoms with van der Waals surface area (Å²) in [5.74, 6) is -0.165. The van der Waals surface area contributed by atoms with Gasteiger partial charge in [0.25, 0.3) is 0 Å². The zero-order chi connectivity index (χ0) is 11.7. The summed E-state index contributed by atoms with van der Waals surface area (Å²) in [5, 5.41) is 3.44. The molecular formula is C15H11FS. The van der Waals surface area contributed by atoms with E-state index in [4.69, 9.17) is 0 Å². The highest BCUT2D eigenvalue weighted by Crippen LogP contribution is 2.27. The van der Waals surface area contributed by atoms with E-state index in [-0.39, 0.29) is 5.82 Å². The Labute approximate surface area is 103 Å². The predicted molar refractivity (Wildman–Crippen MR) is 71.0 cm³/mol. The second kappa shape index (κ2) is 4.30. The van der Waals surface area contributed by atoms with Gasteiger partial charge in [0.15, 0.2) is 0 Å². The van der Waals surface area contributed by atoms with Gasteiger partial charge in [0.1, 0.15) is 5.82 Å². The van der Waals surface area contributed by atoms with Gasteiger partial charge >= 0.3 is 0 Å². The number of benzene rings is 2. The van der Waals surface area contributed by atoms with E-state index in [1.807, 2.05) is 18.2 Å². The maximum Gasteiger partial charge on any atom is 0.123 e. The summed E-state index contributed by atoms with van der Waals surface area (Å²) in [4.78, 5) is 0. The summed E-state index contributed by atoms with van der Waals surface area (Å²) in [5.41, 5.74) is 2.30. The lowest BCUT2D eigenvalue weighted by atomic mass is 10.0. The van der Waals surface area contributed by atoms with E-state index < -0.39 is 0 Å². The monoisotopic (exact) mass is 242 g/mol. The fourth-order valence-corrected chi connectivity index (χ4v) is 3.00. The second-order valence-electron chi connectivity index (χ2n) is 4.06. The van der Waals surface area contributed by atoms with Gasteiger partial charge < -0.3 is 0 Å². The number of hydrogen-bond donors (Lipinski definition) is 0. The highest BCUT2D eigenvalue weighted by molar-refractivity contribution is 7.17. The molecule has 0 atom stereocenters. The lowest BCUT2D eigenvalue weighted by molar-refractivity contribution is 0.626. The van der Waals surface area contributed by atoms with Gasteiger partial charge in [0.2, 0.25) is 0 Å². The Kier molecular flexibility index (Phi) is 2.65. The lowest BCUT2D eigenvalue weighted by Crippen LogP contribution is -1.87. The van der Waals surface area contributed by atoms with Crippen molar-refractivity contribution in [2.75, 3.05) is 0 Å². The largest absolute Gasteiger partial charge is 0.207 e. The summed E-state index contributed by atoms with van der Waals surface area (Å²) in [6.45, 7) is 0. The van der Waals surface area contributed by atoms with Gasteiger partial charge in [-0.15, -0.1) is 11.3 Å². The third kappa shape index (κ3) is 2.08. The lowest BCUT2D eigenvalue weighted by Gasteiger charge is -2.00. The predicted octanol–water partition coefficient (Wildman–Crippen LogP) is 4.63. The molecule has 0 radical (unpaired) electrons. The molecule has 0 amide bonds. The van der Waals surface area contributed by atoms with Gasteiger partial charge in [-0.25, -0.2) is 4.39 Å². The van der Waals surface area contributed by atoms with E-state index in [0.29, 0.717) is 0 Å². The molecule has 2 heteroatoms. The molecule has 0 bridgehead atoms. The molecule has 0 saturated carbocycles. The highest BCUT2D eigenvalue weighted by Gasteiger charge is 2.04. The zero-order valence-electron chi connectivity index (χ0n) is 9.19. The standard InChI is InChI=1S/C15H11FS/c16-13-5-3-4-11(9-13)8-12-10-17-15-7-2-1-6-14(12)15/h1-7,9-10H,8H2. The van der Waals surface area contributed by atoms with Crippen LogP contribution in [0, 0.1) is 5.82 Å². The van der Waals surface area contributed by atoms with Gasteiger partial charge in [0, 0.05) is 4.70 Å². The van der Waals surface area contributed by atoms with Crippen molar-refractivity contribution < 1.29 is 4.39 Å². The maximum atomic E-state index is 13.1. The van der Waals surface area contributed by atoms with Crippen LogP contribution in [0.15, 0.2) is 53.9 Å². The third-order valence-electron chi connectivity index (χ3n) is 2.84. The molecule has 1 aromatic heterocycles. The van der Waals surface area contributed by atoms with Gasteiger partial charge in [0.05, 0.1) is 0 Å². The average molecular weight is 242 g/mol. The Morgan fingerprint density at radius 1 is 1.00 bits per heavy atom. The Balaban J connectivity index is 2.00. The Bertz CT molecular complexity index is 655. The fraction of sp³-hybridized carbons (Fsp3) is 0.0667. The van der Waals surface area contributed by atoms with E-state index >= 15 is 0 Å². The molecule has 3 rings (SSSR count). The number of hydrogen-bond acceptors (Lipinski definition) is 1. The van der Waals surface area contributed by atoms with Gasteiger partial charge in [-0.2, -0.15) is 0 Å². The van der Waals surface area contributed by atoms with Crippen molar-refractivity contribution in [2.24, 2.45) is 0 Å². The average Bonchev–Trinajstić information content (AvgIpc) is 2.73. The second-order valence-corrected chi connectivity index (χ2v) is 4.98. The summed E-state index contributed by atoms with van der Waals surface area (Å²) in [7, 11) is 0. The third-order valence-corrected chi connectivity index (χ3v) is 3.86. The van der Waals surface area contributed by atoms with Crippen molar-refractivity contribution in [1.82, 2.24) is 0 Å². The molecule has 0 unspecified atom stereocenters. The van der Waals surface area contributed by atoms with Crippen LogP contribution in [-0.2, 0) is 6.42 Å². The minimum Gasteiger partial charge on any atom is -0.207 e. The van der Waals surface area contributed by atoms with Crippen LogP contribution in [0.2, 0.25) is 0 Å². The quantitative estimate of drug-likeness (QED) is 0.614.